The van der Waals surface area contributed by atoms with E-state index < -0.39 is 23.7 Å². The molecule has 1 saturated heterocycles. The van der Waals surface area contributed by atoms with E-state index in [-0.39, 0.29) is 27.9 Å². The largest absolute Gasteiger partial charge is 0.507 e. The van der Waals surface area contributed by atoms with Gasteiger partial charge in [0.1, 0.15) is 22.4 Å². The molecule has 33 heavy (non-hydrogen) atoms. The molecule has 0 aliphatic carbocycles. The molecule has 1 amide bonds. The van der Waals surface area contributed by atoms with Gasteiger partial charge in [-0.15, -0.1) is 11.3 Å². The van der Waals surface area contributed by atoms with Gasteiger partial charge in [0.15, 0.2) is 5.13 Å². The summed E-state index contributed by atoms with van der Waals surface area (Å²) >= 11 is 2.32. The van der Waals surface area contributed by atoms with Gasteiger partial charge in [-0.05, 0) is 49.6 Å². The number of methoxy groups -OCH3 is 1. The lowest BCUT2D eigenvalue weighted by atomic mass is 10.00. The quantitative estimate of drug-likeness (QED) is 0.240. The van der Waals surface area contributed by atoms with Gasteiger partial charge in [-0.1, -0.05) is 17.4 Å². The Bertz CT molecular complexity index is 1240. The normalized spacial score (nSPS) is 17.4. The number of esters is 1. The standard InChI is InChI=1S/C23H20N2O6S2/c1-4-31-22(29)20-12(2)24-23(33-20)25-17(15-6-5-11-32-15)16(19(27)21(25)28)18(26)13-7-9-14(30-3)10-8-13/h5-11,17,26H,4H2,1-3H3/t17-/m1/s1. The maximum absolute atomic E-state index is 13.1. The number of carbonyl (C=O) groups excluding carboxylic acids is 3. The summed E-state index contributed by atoms with van der Waals surface area (Å²) in [5, 5.41) is 13.1. The second-order valence-corrected chi connectivity index (χ2v) is 9.00. The van der Waals surface area contributed by atoms with Crippen LogP contribution in [-0.2, 0) is 14.3 Å². The van der Waals surface area contributed by atoms with Crippen molar-refractivity contribution in [3.63, 3.8) is 0 Å². The maximum Gasteiger partial charge on any atom is 0.350 e. The number of rotatable bonds is 6. The van der Waals surface area contributed by atoms with Gasteiger partial charge in [0.25, 0.3) is 5.78 Å². The molecule has 0 unspecified atom stereocenters. The van der Waals surface area contributed by atoms with Crippen LogP contribution in [0.25, 0.3) is 5.76 Å². The number of nitrogens with zero attached hydrogens (tertiary/aromatic N) is 2. The van der Waals surface area contributed by atoms with E-state index in [1.54, 1.807) is 50.2 Å². The Labute approximate surface area is 197 Å². The van der Waals surface area contributed by atoms with Crippen molar-refractivity contribution in [1.82, 2.24) is 4.98 Å². The summed E-state index contributed by atoms with van der Waals surface area (Å²) in [6, 6.07) is 9.22. The fourth-order valence-corrected chi connectivity index (χ4v) is 5.33. The molecule has 0 spiro atoms. The Morgan fingerprint density at radius 2 is 1.94 bits per heavy atom. The minimum Gasteiger partial charge on any atom is -0.507 e. The Kier molecular flexibility index (Phi) is 6.30. The minimum absolute atomic E-state index is 0.0434. The number of ether oxygens (including phenoxy) is 2. The molecular formula is C23H20N2O6S2. The number of ketones is 1. The number of hydrogen-bond acceptors (Lipinski definition) is 9. The number of carbonyl (C=O) groups is 3. The molecule has 0 saturated carbocycles. The van der Waals surface area contributed by atoms with E-state index in [0.29, 0.717) is 21.9 Å². The fourth-order valence-electron chi connectivity index (χ4n) is 3.52. The molecule has 8 nitrogen and oxygen atoms in total. The molecule has 1 fully saturated rings. The van der Waals surface area contributed by atoms with E-state index >= 15 is 0 Å². The van der Waals surface area contributed by atoms with Gasteiger partial charge in [-0.2, -0.15) is 0 Å². The Morgan fingerprint density at radius 1 is 1.21 bits per heavy atom. The lowest BCUT2D eigenvalue weighted by molar-refractivity contribution is -0.132. The van der Waals surface area contributed by atoms with Gasteiger partial charge in [0.05, 0.1) is 25.0 Å². The van der Waals surface area contributed by atoms with Crippen LogP contribution in [0.5, 0.6) is 5.75 Å². The molecule has 3 aromatic rings. The lowest BCUT2D eigenvalue weighted by Gasteiger charge is -2.21. The van der Waals surface area contributed by atoms with Crippen LogP contribution in [-0.4, -0.2) is 41.5 Å². The number of aryl methyl sites for hydroxylation is 1. The molecule has 0 bridgehead atoms. The zero-order valence-electron chi connectivity index (χ0n) is 18.0. The Balaban J connectivity index is 1.85. The molecule has 1 N–H and O–H groups in total. The van der Waals surface area contributed by atoms with E-state index in [0.717, 1.165) is 11.3 Å². The van der Waals surface area contributed by atoms with Gasteiger partial charge in [0.2, 0.25) is 0 Å². The second-order valence-electron chi connectivity index (χ2n) is 7.04. The first-order valence-electron chi connectivity index (χ1n) is 10.0. The molecule has 1 aliphatic heterocycles. The van der Waals surface area contributed by atoms with E-state index in [2.05, 4.69) is 4.98 Å². The highest BCUT2D eigenvalue weighted by atomic mass is 32.1. The summed E-state index contributed by atoms with van der Waals surface area (Å²) < 4.78 is 10.2. The summed E-state index contributed by atoms with van der Waals surface area (Å²) in [7, 11) is 1.53. The fraction of sp³-hybridized carbons (Fsp3) is 0.217. The number of anilines is 1. The van der Waals surface area contributed by atoms with E-state index in [9.17, 15) is 19.5 Å². The summed E-state index contributed by atoms with van der Waals surface area (Å²) in [5.41, 5.74) is 0.728. The number of thiophene rings is 1. The third-order valence-corrected chi connectivity index (χ3v) is 7.13. The highest BCUT2D eigenvalue weighted by Gasteiger charge is 2.48. The molecule has 3 heterocycles. The summed E-state index contributed by atoms with van der Waals surface area (Å²) in [6.45, 7) is 3.54. The number of aliphatic hydroxyl groups is 1. The summed E-state index contributed by atoms with van der Waals surface area (Å²) in [6.07, 6.45) is 0. The molecule has 10 heteroatoms. The number of aliphatic hydroxyl groups excluding tert-OH is 1. The van der Waals surface area contributed by atoms with Crippen molar-refractivity contribution >= 4 is 51.2 Å². The van der Waals surface area contributed by atoms with E-state index in [1.807, 2.05) is 5.38 Å². The first kappa shape index (κ1) is 22.7. The maximum atomic E-state index is 13.1. The SMILES string of the molecule is CCOC(=O)c1sc(N2C(=O)C(=O)C(=C(O)c3ccc(OC)cc3)[C@H]2c2cccs2)nc1C. The van der Waals surface area contributed by atoms with Crippen LogP contribution in [0, 0.1) is 6.92 Å². The Hall–Kier alpha value is -3.50. The van der Waals surface area contributed by atoms with Crippen molar-refractivity contribution in [2.24, 2.45) is 0 Å². The van der Waals surface area contributed by atoms with Crippen molar-refractivity contribution in [3.05, 3.63) is 68.4 Å². The summed E-state index contributed by atoms with van der Waals surface area (Å²) in [5.74, 6) is -1.90. The van der Waals surface area contributed by atoms with Gasteiger partial charge in [0, 0.05) is 10.4 Å². The number of hydrogen-bond donors (Lipinski definition) is 1. The van der Waals surface area contributed by atoms with Crippen LogP contribution in [0.3, 0.4) is 0 Å². The smallest absolute Gasteiger partial charge is 0.350 e. The van der Waals surface area contributed by atoms with Gasteiger partial charge in [-0.3, -0.25) is 14.5 Å². The molecule has 1 aliphatic rings. The lowest BCUT2D eigenvalue weighted by Crippen LogP contribution is -2.29. The second kappa shape index (κ2) is 9.16. The molecule has 1 aromatic carbocycles. The zero-order valence-corrected chi connectivity index (χ0v) is 19.7. The number of thiazole rings is 1. The van der Waals surface area contributed by atoms with Crippen molar-refractivity contribution in [3.8, 4) is 5.75 Å². The van der Waals surface area contributed by atoms with E-state index in [4.69, 9.17) is 9.47 Å². The highest BCUT2D eigenvalue weighted by molar-refractivity contribution is 7.18. The molecular weight excluding hydrogens is 464 g/mol. The predicted molar refractivity (Wildman–Crippen MR) is 125 cm³/mol. The van der Waals surface area contributed by atoms with Crippen LogP contribution >= 0.6 is 22.7 Å². The molecule has 4 rings (SSSR count). The van der Waals surface area contributed by atoms with Crippen molar-refractivity contribution < 1.29 is 29.0 Å². The number of amides is 1. The number of aromatic nitrogens is 1. The molecule has 2 aromatic heterocycles. The third-order valence-electron chi connectivity index (χ3n) is 5.07. The summed E-state index contributed by atoms with van der Waals surface area (Å²) in [4.78, 5) is 45.1. The van der Waals surface area contributed by atoms with Crippen molar-refractivity contribution in [1.29, 1.82) is 0 Å². The number of benzene rings is 1. The monoisotopic (exact) mass is 484 g/mol. The van der Waals surface area contributed by atoms with Crippen LogP contribution in [0.2, 0.25) is 0 Å². The van der Waals surface area contributed by atoms with Crippen LogP contribution in [0.15, 0.2) is 47.4 Å². The first-order valence-corrected chi connectivity index (χ1v) is 11.7. The van der Waals surface area contributed by atoms with Gasteiger partial charge in [-0.25, -0.2) is 9.78 Å². The van der Waals surface area contributed by atoms with E-state index in [1.165, 1.54) is 23.3 Å². The Morgan fingerprint density at radius 3 is 2.55 bits per heavy atom. The van der Waals surface area contributed by atoms with Crippen LogP contribution < -0.4 is 9.64 Å². The van der Waals surface area contributed by atoms with Crippen molar-refractivity contribution in [2.45, 2.75) is 19.9 Å². The average molecular weight is 485 g/mol. The third kappa shape index (κ3) is 4.03. The molecule has 1 atom stereocenters. The van der Waals surface area contributed by atoms with Gasteiger partial charge >= 0.3 is 11.9 Å². The minimum atomic E-state index is -0.882. The highest BCUT2D eigenvalue weighted by Crippen LogP contribution is 2.45. The van der Waals surface area contributed by atoms with Crippen LogP contribution in [0.4, 0.5) is 5.13 Å². The van der Waals surface area contributed by atoms with Crippen molar-refractivity contribution in [2.75, 3.05) is 18.6 Å². The predicted octanol–water partition coefficient (Wildman–Crippen LogP) is 4.32. The molecule has 0 radical (unpaired) electrons. The van der Waals surface area contributed by atoms with Crippen LogP contribution in [0.1, 0.15) is 38.8 Å². The topological polar surface area (TPSA) is 106 Å². The zero-order chi connectivity index (χ0) is 23.7. The average Bonchev–Trinajstić information content (AvgIpc) is 3.53. The molecule has 170 valence electrons. The van der Waals surface area contributed by atoms with Gasteiger partial charge < -0.3 is 14.6 Å². The number of Topliss-reactive ketones (excluding diaryl/α,β-unsaturated/α-hetero) is 1. The first-order chi connectivity index (χ1) is 15.9.